The van der Waals surface area contributed by atoms with Crippen LogP contribution in [-0.2, 0) is 19.1 Å². The molecule has 4 aliphatic carbocycles. The summed E-state index contributed by atoms with van der Waals surface area (Å²) in [7, 11) is 0. The summed E-state index contributed by atoms with van der Waals surface area (Å²) in [6.07, 6.45) is -1.37. The molecule has 0 spiro atoms. The molecule has 0 bridgehead atoms. The first-order valence-corrected chi connectivity index (χ1v) is 12.2. The van der Waals surface area contributed by atoms with E-state index in [-0.39, 0.29) is 37.0 Å². The summed E-state index contributed by atoms with van der Waals surface area (Å²) in [5.41, 5.74) is -5.82. The number of fused-ring (bicyclic) bond motifs is 7. The van der Waals surface area contributed by atoms with Crippen LogP contribution in [-0.4, -0.2) is 64.3 Å². The van der Waals surface area contributed by atoms with Crippen LogP contribution in [0.3, 0.4) is 0 Å². The minimum absolute atomic E-state index is 0.0666. The number of aliphatic hydroxyl groups is 2. The molecule has 33 heavy (non-hydrogen) atoms. The molecule has 0 aromatic heterocycles. The maximum atomic E-state index is 17.2. The molecule has 0 aromatic rings. The third-order valence-corrected chi connectivity index (χ3v) is 9.90. The molecule has 1 saturated heterocycles. The van der Waals surface area contributed by atoms with Gasteiger partial charge in [-0.3, -0.25) is 9.59 Å². The number of Topliss-reactive ketones (excluding diaryl/α,β-unsaturated/α-hetero) is 1. The number of allylic oxidation sites excluding steroid dienone is 1. The SMILES string of the molecule is CCCC1O[C@@H]2C[C@H]3[C@@H]4C[C@H](F)C5=CC(=O)CC[C@]5(C)C4(F)[C@@H](O)C[C@]3(C)[C@]2(C(=O)CO)O1. The predicted molar refractivity (Wildman–Crippen MR) is 114 cm³/mol. The van der Waals surface area contributed by atoms with Crippen LogP contribution in [0.1, 0.15) is 65.7 Å². The van der Waals surface area contributed by atoms with Gasteiger partial charge in [-0.05, 0) is 49.7 Å². The van der Waals surface area contributed by atoms with Crippen molar-refractivity contribution in [1.29, 1.82) is 0 Å². The molecule has 184 valence electrons. The standard InChI is InChI=1S/C25H34F2O6/c1-4-5-21-32-20-10-14-15-9-17(26)16-8-13(29)6-7-22(16,2)24(15,27)18(30)11-23(14,3)25(20,33-21)19(31)12-28/h8,14-15,17-18,20-21,28,30H,4-7,9-12H2,1-3H3/t14-,15-,17-,18-,20+,21?,22-,23-,24?,25+/m0/s1. The maximum Gasteiger partial charge on any atom is 0.193 e. The van der Waals surface area contributed by atoms with Gasteiger partial charge in [0.25, 0.3) is 0 Å². The molecule has 0 radical (unpaired) electrons. The molecule has 2 N–H and O–H groups in total. The monoisotopic (exact) mass is 468 g/mol. The number of rotatable bonds is 4. The molecule has 0 amide bonds. The molecule has 3 saturated carbocycles. The van der Waals surface area contributed by atoms with Gasteiger partial charge < -0.3 is 19.7 Å². The third kappa shape index (κ3) is 2.67. The Labute approximate surface area is 192 Å². The second kappa shape index (κ2) is 7.39. The van der Waals surface area contributed by atoms with E-state index < -0.39 is 71.0 Å². The normalized spacial score (nSPS) is 53.1. The number of alkyl halides is 2. The Kier molecular flexibility index (Phi) is 5.27. The van der Waals surface area contributed by atoms with E-state index in [9.17, 15) is 19.8 Å². The van der Waals surface area contributed by atoms with E-state index in [0.29, 0.717) is 12.8 Å². The van der Waals surface area contributed by atoms with Gasteiger partial charge in [0.15, 0.2) is 23.5 Å². The molecular weight excluding hydrogens is 434 g/mol. The zero-order valence-electron chi connectivity index (χ0n) is 19.5. The van der Waals surface area contributed by atoms with Crippen molar-refractivity contribution in [2.24, 2.45) is 22.7 Å². The van der Waals surface area contributed by atoms with Crippen LogP contribution in [0.5, 0.6) is 0 Å². The van der Waals surface area contributed by atoms with Gasteiger partial charge in [-0.1, -0.05) is 27.2 Å². The lowest BCUT2D eigenvalue weighted by atomic mass is 9.43. The Bertz CT molecular complexity index is 907. The van der Waals surface area contributed by atoms with Gasteiger partial charge >= 0.3 is 0 Å². The van der Waals surface area contributed by atoms with E-state index in [1.165, 1.54) is 6.08 Å². The number of carbonyl (C=O) groups excluding carboxylic acids is 2. The van der Waals surface area contributed by atoms with Crippen LogP contribution in [0.15, 0.2) is 11.6 Å². The van der Waals surface area contributed by atoms with Gasteiger partial charge in [-0.15, -0.1) is 0 Å². The average Bonchev–Trinajstić information content (AvgIpc) is 3.24. The number of aliphatic hydroxyl groups excluding tert-OH is 2. The Morgan fingerprint density at radius 1 is 1.27 bits per heavy atom. The summed E-state index contributed by atoms with van der Waals surface area (Å²) in [6.45, 7) is 4.65. The average molecular weight is 469 g/mol. The Balaban J connectivity index is 1.61. The number of hydrogen-bond donors (Lipinski definition) is 2. The summed E-state index contributed by atoms with van der Waals surface area (Å²) in [5.74, 6) is -2.10. The molecule has 8 heteroatoms. The Morgan fingerprint density at radius 3 is 2.67 bits per heavy atom. The molecule has 5 aliphatic rings. The first-order valence-electron chi connectivity index (χ1n) is 12.2. The molecule has 5 rings (SSSR count). The van der Waals surface area contributed by atoms with Crippen molar-refractivity contribution >= 4 is 11.6 Å². The fraction of sp³-hybridized carbons (Fsp3) is 0.840. The van der Waals surface area contributed by atoms with Gasteiger partial charge in [0.2, 0.25) is 0 Å². The zero-order valence-corrected chi connectivity index (χ0v) is 19.5. The molecular formula is C25H34F2O6. The van der Waals surface area contributed by atoms with Crippen LogP contribution in [0.4, 0.5) is 8.78 Å². The van der Waals surface area contributed by atoms with Crippen LogP contribution in [0.2, 0.25) is 0 Å². The Morgan fingerprint density at radius 2 is 2.00 bits per heavy atom. The third-order valence-electron chi connectivity index (χ3n) is 9.90. The number of ether oxygens (including phenoxy) is 2. The Hall–Kier alpha value is -1.22. The summed E-state index contributed by atoms with van der Waals surface area (Å²) in [5, 5.41) is 21.3. The van der Waals surface area contributed by atoms with Gasteiger partial charge in [0.1, 0.15) is 18.4 Å². The number of ketones is 2. The summed E-state index contributed by atoms with van der Waals surface area (Å²) < 4.78 is 45.1. The van der Waals surface area contributed by atoms with Crippen LogP contribution in [0, 0.1) is 22.7 Å². The van der Waals surface area contributed by atoms with E-state index in [1.807, 2.05) is 6.92 Å². The first kappa shape index (κ1) is 23.5. The van der Waals surface area contributed by atoms with Crippen molar-refractivity contribution < 1.29 is 38.1 Å². The molecule has 6 nitrogen and oxygen atoms in total. The van der Waals surface area contributed by atoms with E-state index in [2.05, 4.69) is 0 Å². The highest BCUT2D eigenvalue weighted by molar-refractivity contribution is 5.92. The summed E-state index contributed by atoms with van der Waals surface area (Å²) >= 11 is 0. The largest absolute Gasteiger partial charge is 0.390 e. The lowest BCUT2D eigenvalue weighted by Crippen LogP contribution is -2.71. The van der Waals surface area contributed by atoms with Gasteiger partial charge in [-0.25, -0.2) is 8.78 Å². The van der Waals surface area contributed by atoms with Crippen molar-refractivity contribution in [1.82, 2.24) is 0 Å². The summed E-state index contributed by atoms with van der Waals surface area (Å²) in [4.78, 5) is 25.2. The smallest absolute Gasteiger partial charge is 0.193 e. The lowest BCUT2D eigenvalue weighted by molar-refractivity contribution is -0.242. The van der Waals surface area contributed by atoms with E-state index >= 15 is 8.78 Å². The highest BCUT2D eigenvalue weighted by Crippen LogP contribution is 2.72. The first-order chi connectivity index (χ1) is 15.5. The van der Waals surface area contributed by atoms with Gasteiger partial charge in [-0.2, -0.15) is 0 Å². The van der Waals surface area contributed by atoms with Crippen LogP contribution >= 0.6 is 0 Å². The second-order valence-corrected chi connectivity index (χ2v) is 11.2. The molecule has 0 aromatic carbocycles. The summed E-state index contributed by atoms with van der Waals surface area (Å²) in [6, 6.07) is 0. The van der Waals surface area contributed by atoms with E-state index in [4.69, 9.17) is 9.47 Å². The van der Waals surface area contributed by atoms with Crippen molar-refractivity contribution in [3.63, 3.8) is 0 Å². The lowest BCUT2D eigenvalue weighted by Gasteiger charge is -2.64. The molecule has 2 unspecified atom stereocenters. The van der Waals surface area contributed by atoms with Crippen molar-refractivity contribution in [3.8, 4) is 0 Å². The number of halogens is 2. The van der Waals surface area contributed by atoms with E-state index in [0.717, 1.165) is 6.42 Å². The topological polar surface area (TPSA) is 93.1 Å². The van der Waals surface area contributed by atoms with Crippen molar-refractivity contribution in [2.45, 2.75) is 102 Å². The highest BCUT2D eigenvalue weighted by Gasteiger charge is 2.80. The molecule has 1 aliphatic heterocycles. The predicted octanol–water partition coefficient (Wildman–Crippen LogP) is 2.98. The van der Waals surface area contributed by atoms with Crippen molar-refractivity contribution in [2.75, 3.05) is 6.61 Å². The second-order valence-electron chi connectivity index (χ2n) is 11.2. The minimum atomic E-state index is -2.14. The molecule has 1 heterocycles. The maximum absolute atomic E-state index is 17.2. The number of hydrogen-bond acceptors (Lipinski definition) is 6. The van der Waals surface area contributed by atoms with Gasteiger partial charge in [0, 0.05) is 23.2 Å². The minimum Gasteiger partial charge on any atom is -0.390 e. The van der Waals surface area contributed by atoms with Crippen molar-refractivity contribution in [3.05, 3.63) is 11.6 Å². The molecule has 4 fully saturated rings. The van der Waals surface area contributed by atoms with Gasteiger partial charge in [0.05, 0.1) is 12.2 Å². The molecule has 10 atom stereocenters. The van der Waals surface area contributed by atoms with E-state index in [1.54, 1.807) is 13.8 Å². The quantitative estimate of drug-likeness (QED) is 0.659. The fourth-order valence-corrected chi connectivity index (χ4v) is 8.36. The zero-order chi connectivity index (χ0) is 24.0. The van der Waals surface area contributed by atoms with Crippen LogP contribution < -0.4 is 0 Å². The number of carbonyl (C=O) groups is 2. The van der Waals surface area contributed by atoms with Crippen LogP contribution in [0.25, 0.3) is 0 Å². The fourth-order valence-electron chi connectivity index (χ4n) is 8.36. The highest BCUT2D eigenvalue weighted by atomic mass is 19.1.